The van der Waals surface area contributed by atoms with Gasteiger partial charge in [0.05, 0.1) is 12.0 Å². The highest BCUT2D eigenvalue weighted by molar-refractivity contribution is 5.72. The minimum Gasteiger partial charge on any atom is -0.460 e. The maximum absolute atomic E-state index is 11.8. The van der Waals surface area contributed by atoms with Crippen LogP contribution in [0.15, 0.2) is 30.3 Å². The first-order chi connectivity index (χ1) is 8.29. The predicted molar refractivity (Wildman–Crippen MR) is 71.0 cm³/mol. The second-order valence-corrected chi connectivity index (χ2v) is 5.60. The number of esters is 1. The summed E-state index contributed by atoms with van der Waals surface area (Å²) < 4.78 is 5.29. The first-order valence-corrected chi connectivity index (χ1v) is 6.25. The third-order valence-electron chi connectivity index (χ3n) is 2.57. The van der Waals surface area contributed by atoms with Gasteiger partial charge in [0.25, 0.3) is 0 Å². The molecular formula is C15H22O3. The Hall–Kier alpha value is -1.35. The molecular weight excluding hydrogens is 228 g/mol. The molecule has 100 valence electrons. The van der Waals surface area contributed by atoms with Gasteiger partial charge in [0, 0.05) is 0 Å². The van der Waals surface area contributed by atoms with Crippen LogP contribution in [0.2, 0.25) is 0 Å². The summed E-state index contributed by atoms with van der Waals surface area (Å²) in [7, 11) is 0. The lowest BCUT2D eigenvalue weighted by Crippen LogP contribution is -2.28. The third-order valence-corrected chi connectivity index (χ3v) is 2.57. The van der Waals surface area contributed by atoms with Gasteiger partial charge < -0.3 is 9.84 Å². The Morgan fingerprint density at radius 2 is 1.83 bits per heavy atom. The summed E-state index contributed by atoms with van der Waals surface area (Å²) >= 11 is 0. The van der Waals surface area contributed by atoms with Crippen molar-refractivity contribution in [3.8, 4) is 0 Å². The van der Waals surface area contributed by atoms with Crippen LogP contribution in [-0.4, -0.2) is 16.7 Å². The van der Waals surface area contributed by atoms with Crippen LogP contribution in [0, 0.1) is 5.92 Å². The van der Waals surface area contributed by atoms with Gasteiger partial charge in [-0.05, 0) is 32.8 Å². The van der Waals surface area contributed by atoms with E-state index >= 15 is 0 Å². The van der Waals surface area contributed by atoms with E-state index in [2.05, 4.69) is 0 Å². The molecule has 0 heterocycles. The van der Waals surface area contributed by atoms with E-state index in [1.54, 1.807) is 6.92 Å². The lowest BCUT2D eigenvalue weighted by molar-refractivity contribution is -0.160. The van der Waals surface area contributed by atoms with Crippen LogP contribution in [0.25, 0.3) is 0 Å². The SMILES string of the molecule is C[C@H](C[C@@H](O)c1ccccc1)C(=O)OC(C)(C)C. The molecule has 0 saturated carbocycles. The van der Waals surface area contributed by atoms with Crippen molar-refractivity contribution in [2.75, 3.05) is 0 Å². The zero-order valence-corrected chi connectivity index (χ0v) is 11.5. The summed E-state index contributed by atoms with van der Waals surface area (Å²) in [5, 5.41) is 10.0. The first kappa shape index (κ1) is 14.7. The van der Waals surface area contributed by atoms with Crippen molar-refractivity contribution in [3.05, 3.63) is 35.9 Å². The Kier molecular flexibility index (Phi) is 4.91. The van der Waals surface area contributed by atoms with Crippen molar-refractivity contribution in [2.45, 2.75) is 45.8 Å². The number of benzene rings is 1. The summed E-state index contributed by atoms with van der Waals surface area (Å²) in [4.78, 5) is 11.8. The Bertz CT molecular complexity index is 378. The molecule has 1 aromatic rings. The van der Waals surface area contributed by atoms with Crippen LogP contribution in [0.5, 0.6) is 0 Å². The number of hydrogen-bond acceptors (Lipinski definition) is 3. The second-order valence-electron chi connectivity index (χ2n) is 5.60. The largest absolute Gasteiger partial charge is 0.460 e. The van der Waals surface area contributed by atoms with E-state index < -0.39 is 11.7 Å². The molecule has 1 rings (SSSR count). The standard InChI is InChI=1S/C15H22O3/c1-11(14(17)18-15(2,3)4)10-13(16)12-8-6-5-7-9-12/h5-9,11,13,16H,10H2,1-4H3/t11-,13-/m1/s1. The number of aliphatic hydroxyl groups excluding tert-OH is 1. The van der Waals surface area contributed by atoms with Crippen LogP contribution in [0.3, 0.4) is 0 Å². The van der Waals surface area contributed by atoms with Gasteiger partial charge in [0.2, 0.25) is 0 Å². The summed E-state index contributed by atoms with van der Waals surface area (Å²) in [6.07, 6.45) is -0.257. The van der Waals surface area contributed by atoms with Crippen molar-refractivity contribution in [1.82, 2.24) is 0 Å². The Morgan fingerprint density at radius 3 is 2.33 bits per heavy atom. The predicted octanol–water partition coefficient (Wildman–Crippen LogP) is 3.09. The number of carbonyl (C=O) groups is 1. The fraction of sp³-hybridized carbons (Fsp3) is 0.533. The lowest BCUT2D eigenvalue weighted by atomic mass is 9.98. The molecule has 0 fully saturated rings. The molecule has 0 amide bonds. The van der Waals surface area contributed by atoms with E-state index in [0.717, 1.165) is 5.56 Å². The van der Waals surface area contributed by atoms with Gasteiger partial charge >= 0.3 is 5.97 Å². The average molecular weight is 250 g/mol. The molecule has 0 saturated heterocycles. The summed E-state index contributed by atoms with van der Waals surface area (Å²) in [6.45, 7) is 7.29. The zero-order valence-electron chi connectivity index (χ0n) is 11.5. The van der Waals surface area contributed by atoms with Crippen LogP contribution in [-0.2, 0) is 9.53 Å². The molecule has 3 heteroatoms. The van der Waals surface area contributed by atoms with E-state index in [0.29, 0.717) is 6.42 Å². The number of aliphatic hydroxyl groups is 1. The van der Waals surface area contributed by atoms with Gasteiger partial charge in [-0.1, -0.05) is 37.3 Å². The molecule has 1 aromatic carbocycles. The van der Waals surface area contributed by atoms with Gasteiger partial charge in [0.1, 0.15) is 5.60 Å². The minimum atomic E-state index is -0.631. The van der Waals surface area contributed by atoms with Gasteiger partial charge in [-0.15, -0.1) is 0 Å². The van der Waals surface area contributed by atoms with E-state index in [4.69, 9.17) is 4.74 Å². The molecule has 3 nitrogen and oxygen atoms in total. The topological polar surface area (TPSA) is 46.5 Å². The fourth-order valence-electron chi connectivity index (χ4n) is 1.64. The zero-order chi connectivity index (χ0) is 13.8. The normalized spacial score (nSPS) is 14.9. The first-order valence-electron chi connectivity index (χ1n) is 6.25. The molecule has 0 unspecified atom stereocenters. The Balaban J connectivity index is 2.55. The van der Waals surface area contributed by atoms with Gasteiger partial charge in [-0.2, -0.15) is 0 Å². The monoisotopic (exact) mass is 250 g/mol. The van der Waals surface area contributed by atoms with Gasteiger partial charge in [0.15, 0.2) is 0 Å². The molecule has 2 atom stereocenters. The minimum absolute atomic E-state index is 0.266. The number of carbonyl (C=O) groups excluding carboxylic acids is 1. The lowest BCUT2D eigenvalue weighted by Gasteiger charge is -2.23. The van der Waals surface area contributed by atoms with Crippen LogP contribution in [0.1, 0.15) is 45.8 Å². The summed E-state index contributed by atoms with van der Waals surface area (Å²) in [5.41, 5.74) is 0.344. The highest BCUT2D eigenvalue weighted by Gasteiger charge is 2.24. The smallest absolute Gasteiger partial charge is 0.309 e. The molecule has 0 bridgehead atoms. The molecule has 1 N–H and O–H groups in total. The van der Waals surface area contributed by atoms with Crippen molar-refractivity contribution in [1.29, 1.82) is 0 Å². The van der Waals surface area contributed by atoms with Gasteiger partial charge in [-0.25, -0.2) is 0 Å². The van der Waals surface area contributed by atoms with E-state index in [-0.39, 0.29) is 11.9 Å². The van der Waals surface area contributed by atoms with Crippen LogP contribution in [0.4, 0.5) is 0 Å². The maximum Gasteiger partial charge on any atom is 0.309 e. The highest BCUT2D eigenvalue weighted by Crippen LogP contribution is 2.23. The average Bonchev–Trinajstić information content (AvgIpc) is 2.27. The quantitative estimate of drug-likeness (QED) is 0.835. The molecule has 0 aromatic heterocycles. The Morgan fingerprint density at radius 1 is 1.28 bits per heavy atom. The van der Waals surface area contributed by atoms with Crippen molar-refractivity contribution in [3.63, 3.8) is 0 Å². The van der Waals surface area contributed by atoms with Crippen LogP contribution < -0.4 is 0 Å². The van der Waals surface area contributed by atoms with Crippen molar-refractivity contribution < 1.29 is 14.6 Å². The molecule has 0 aliphatic carbocycles. The molecule has 0 radical (unpaired) electrons. The van der Waals surface area contributed by atoms with E-state index in [9.17, 15) is 9.90 Å². The molecule has 0 aliphatic rings. The number of ether oxygens (including phenoxy) is 1. The molecule has 0 spiro atoms. The second kappa shape index (κ2) is 6.01. The summed E-state index contributed by atoms with van der Waals surface area (Å²) in [5.74, 6) is -0.586. The van der Waals surface area contributed by atoms with Gasteiger partial charge in [-0.3, -0.25) is 4.79 Å². The van der Waals surface area contributed by atoms with Crippen LogP contribution >= 0.6 is 0 Å². The summed E-state index contributed by atoms with van der Waals surface area (Å²) in [6, 6.07) is 9.35. The number of rotatable bonds is 4. The number of hydrogen-bond donors (Lipinski definition) is 1. The molecule has 18 heavy (non-hydrogen) atoms. The maximum atomic E-state index is 11.8. The molecule has 0 aliphatic heterocycles. The third kappa shape index (κ3) is 4.88. The van der Waals surface area contributed by atoms with E-state index in [1.165, 1.54) is 0 Å². The van der Waals surface area contributed by atoms with E-state index in [1.807, 2.05) is 51.1 Å². The van der Waals surface area contributed by atoms with Crippen molar-refractivity contribution >= 4 is 5.97 Å². The fourth-order valence-corrected chi connectivity index (χ4v) is 1.64. The Labute approximate surface area is 109 Å². The van der Waals surface area contributed by atoms with Crippen molar-refractivity contribution in [2.24, 2.45) is 5.92 Å². The highest BCUT2D eigenvalue weighted by atomic mass is 16.6.